The second-order valence-electron chi connectivity index (χ2n) is 20.1. The molecule has 0 radical (unpaired) electrons. The van der Waals surface area contributed by atoms with Crippen LogP contribution in [0.5, 0.6) is 0 Å². The molecule has 0 atom stereocenters. The monoisotopic (exact) mass is 854 g/mol. The minimum absolute atomic E-state index is 0.131. The van der Waals surface area contributed by atoms with E-state index >= 15 is 0 Å². The molecule has 14 rings (SSSR count). The van der Waals surface area contributed by atoms with E-state index in [4.69, 9.17) is 0 Å². The molecule has 0 amide bonds. The second-order valence-corrected chi connectivity index (χ2v) is 20.1. The van der Waals surface area contributed by atoms with E-state index in [1.54, 1.807) is 0 Å². The van der Waals surface area contributed by atoms with Crippen LogP contribution < -0.4 is 20.6 Å². The third kappa shape index (κ3) is 5.40. The summed E-state index contributed by atoms with van der Waals surface area (Å²) in [4.78, 5) is 5.31. The van der Waals surface area contributed by atoms with Crippen LogP contribution in [0.3, 0.4) is 0 Å². The van der Waals surface area contributed by atoms with Gasteiger partial charge in [-0.1, -0.05) is 185 Å². The van der Waals surface area contributed by atoms with Gasteiger partial charge >= 0.3 is 6.85 Å². The Labute approximate surface area is 393 Å². The standard InChI is InChI=1S/C64H47BN2/c1-63(2)54-25-15-13-23-48(54)50-32-31-47(37-56(50)63)66-60-39-57-51(49-24-14-16-26-55(49)64(57,3)4)38-58(60)65-62-53(34-45(36-61(62)66)41-19-9-6-10-20-41)52-33-43-21-11-12-22-44(43)35-59(52)67(65)46-29-27-42(28-30-46)40-17-7-5-8-18-40/h5-39H,1-4H3. The predicted molar refractivity (Wildman–Crippen MR) is 284 cm³/mol. The van der Waals surface area contributed by atoms with E-state index in [0.29, 0.717) is 0 Å². The van der Waals surface area contributed by atoms with Gasteiger partial charge in [-0.25, -0.2) is 0 Å². The highest BCUT2D eigenvalue weighted by atomic mass is 15.2. The number of fused-ring (bicyclic) bond motifs is 11. The summed E-state index contributed by atoms with van der Waals surface area (Å²) in [5.41, 5.74) is 26.6. The van der Waals surface area contributed by atoms with Crippen molar-refractivity contribution in [1.82, 2.24) is 0 Å². The molecule has 2 aliphatic heterocycles. The van der Waals surface area contributed by atoms with Crippen LogP contribution in [0.1, 0.15) is 49.9 Å². The molecule has 2 aliphatic carbocycles. The SMILES string of the molecule is CC1(C)c2ccccc2-c2ccc(N3c4cc5c(cc4B4c6c(cc(-c7ccccc7)cc63)-c3cc6ccccc6cc3N4c3ccc(-c4ccccc4)cc3)-c3ccccc3C5(C)C)cc21. The van der Waals surface area contributed by atoms with Crippen LogP contribution in [0.15, 0.2) is 212 Å². The van der Waals surface area contributed by atoms with E-state index in [1.807, 2.05) is 0 Å². The Morgan fingerprint density at radius 2 is 0.866 bits per heavy atom. The maximum Gasteiger partial charge on any atom is 0.333 e. The number of rotatable bonds is 4. The summed E-state index contributed by atoms with van der Waals surface area (Å²) in [5.74, 6) is 0. The average Bonchev–Trinajstić information content (AvgIpc) is 3.74. The van der Waals surface area contributed by atoms with Crippen molar-refractivity contribution < 1.29 is 0 Å². The van der Waals surface area contributed by atoms with Gasteiger partial charge in [0, 0.05) is 44.8 Å². The Morgan fingerprint density at radius 1 is 0.328 bits per heavy atom. The molecule has 0 spiro atoms. The van der Waals surface area contributed by atoms with Gasteiger partial charge in [-0.2, -0.15) is 0 Å². The smallest absolute Gasteiger partial charge is 0.333 e. The predicted octanol–water partition coefficient (Wildman–Crippen LogP) is 15.5. The van der Waals surface area contributed by atoms with Crippen molar-refractivity contribution in [2.45, 2.75) is 38.5 Å². The molecule has 3 heteroatoms. The number of benzene rings is 10. The fourth-order valence-electron chi connectivity index (χ4n) is 12.5. The number of nitrogens with zero attached hydrogens (tertiary/aromatic N) is 2. The molecule has 0 saturated heterocycles. The van der Waals surface area contributed by atoms with Crippen molar-refractivity contribution in [1.29, 1.82) is 0 Å². The Bertz CT molecular complexity index is 3700. The zero-order valence-electron chi connectivity index (χ0n) is 38.2. The van der Waals surface area contributed by atoms with E-state index in [0.717, 1.165) is 0 Å². The molecule has 0 N–H and O–H groups in total. The van der Waals surface area contributed by atoms with Crippen molar-refractivity contribution in [2.75, 3.05) is 9.71 Å². The van der Waals surface area contributed by atoms with Crippen LogP contribution in [-0.4, -0.2) is 6.85 Å². The third-order valence-electron chi connectivity index (χ3n) is 15.8. The van der Waals surface area contributed by atoms with Crippen molar-refractivity contribution in [3.63, 3.8) is 0 Å². The van der Waals surface area contributed by atoms with Crippen LogP contribution in [0.25, 0.3) is 66.4 Å². The molecule has 0 unspecified atom stereocenters. The number of hydrogen-bond donors (Lipinski definition) is 0. The summed E-state index contributed by atoms with van der Waals surface area (Å²) < 4.78 is 0. The zero-order valence-corrected chi connectivity index (χ0v) is 38.2. The van der Waals surface area contributed by atoms with E-state index in [2.05, 4.69) is 250 Å². The van der Waals surface area contributed by atoms with E-state index in [9.17, 15) is 0 Å². The molecular formula is C64H47BN2. The summed E-state index contributed by atoms with van der Waals surface area (Å²) in [6.45, 7) is 9.49. The molecule has 67 heavy (non-hydrogen) atoms. The topological polar surface area (TPSA) is 6.48 Å². The van der Waals surface area contributed by atoms with Crippen molar-refractivity contribution >= 4 is 57.0 Å². The Kier molecular flexibility index (Phi) is 7.92. The highest BCUT2D eigenvalue weighted by Gasteiger charge is 2.48. The first-order valence-corrected chi connectivity index (χ1v) is 23.8. The van der Waals surface area contributed by atoms with Crippen molar-refractivity contribution in [3.05, 3.63) is 235 Å². The van der Waals surface area contributed by atoms with Crippen molar-refractivity contribution in [2.24, 2.45) is 0 Å². The van der Waals surface area contributed by atoms with E-state index < -0.39 is 0 Å². The highest BCUT2D eigenvalue weighted by molar-refractivity contribution is 6.93. The van der Waals surface area contributed by atoms with E-state index in [-0.39, 0.29) is 17.7 Å². The molecular weight excluding hydrogens is 808 g/mol. The molecule has 10 aromatic carbocycles. The van der Waals surface area contributed by atoms with Crippen LogP contribution in [0, 0.1) is 0 Å². The lowest BCUT2D eigenvalue weighted by atomic mass is 9.43. The largest absolute Gasteiger partial charge is 0.376 e. The number of hydrogen-bond acceptors (Lipinski definition) is 2. The lowest BCUT2D eigenvalue weighted by Crippen LogP contribution is -2.61. The summed E-state index contributed by atoms with van der Waals surface area (Å²) in [7, 11) is 0. The fraction of sp³-hybridized carbons (Fsp3) is 0.0938. The van der Waals surface area contributed by atoms with Gasteiger partial charge in [-0.05, 0) is 149 Å². The van der Waals surface area contributed by atoms with Gasteiger partial charge in [0.05, 0.1) is 0 Å². The Balaban J connectivity index is 1.10. The van der Waals surface area contributed by atoms with Gasteiger partial charge in [0.1, 0.15) is 0 Å². The molecule has 2 nitrogen and oxygen atoms in total. The molecule has 4 aliphatic rings. The lowest BCUT2D eigenvalue weighted by molar-refractivity contribution is 0.660. The molecule has 0 bridgehead atoms. The van der Waals surface area contributed by atoms with Crippen LogP contribution in [-0.2, 0) is 10.8 Å². The first-order valence-electron chi connectivity index (χ1n) is 23.8. The van der Waals surface area contributed by atoms with Gasteiger partial charge < -0.3 is 9.71 Å². The second kappa shape index (κ2) is 13.8. The maximum absolute atomic E-state index is 2.67. The third-order valence-corrected chi connectivity index (χ3v) is 15.8. The van der Waals surface area contributed by atoms with Crippen LogP contribution in [0.2, 0.25) is 0 Å². The zero-order chi connectivity index (χ0) is 44.8. The summed E-state index contributed by atoms with van der Waals surface area (Å²) in [6.07, 6.45) is 0. The van der Waals surface area contributed by atoms with Crippen LogP contribution >= 0.6 is 0 Å². The number of anilines is 5. The van der Waals surface area contributed by atoms with Gasteiger partial charge in [0.2, 0.25) is 0 Å². The summed E-state index contributed by atoms with van der Waals surface area (Å²) in [5, 5.41) is 2.47. The first-order chi connectivity index (χ1) is 32.7. The van der Waals surface area contributed by atoms with Gasteiger partial charge in [-0.15, -0.1) is 0 Å². The molecule has 0 aromatic heterocycles. The molecule has 0 fully saturated rings. The van der Waals surface area contributed by atoms with Gasteiger partial charge in [0.15, 0.2) is 0 Å². The highest BCUT2D eigenvalue weighted by Crippen LogP contribution is 2.55. The fourth-order valence-corrected chi connectivity index (χ4v) is 12.5. The Hall–Kier alpha value is -7.88. The van der Waals surface area contributed by atoms with E-state index in [1.165, 1.54) is 128 Å². The summed E-state index contributed by atoms with van der Waals surface area (Å²) in [6, 6.07) is 80.3. The van der Waals surface area contributed by atoms with Gasteiger partial charge in [-0.3, -0.25) is 0 Å². The quantitative estimate of drug-likeness (QED) is 0.163. The maximum atomic E-state index is 2.67. The minimum Gasteiger partial charge on any atom is -0.376 e. The first kappa shape index (κ1) is 38.4. The molecule has 316 valence electrons. The average molecular weight is 855 g/mol. The molecule has 10 aromatic rings. The normalized spacial score (nSPS) is 15.0. The lowest BCUT2D eigenvalue weighted by Gasteiger charge is -2.46. The Morgan fingerprint density at radius 3 is 1.55 bits per heavy atom. The van der Waals surface area contributed by atoms with Gasteiger partial charge in [0.25, 0.3) is 0 Å². The minimum atomic E-state index is -0.184. The van der Waals surface area contributed by atoms with Crippen molar-refractivity contribution in [3.8, 4) is 55.6 Å². The summed E-state index contributed by atoms with van der Waals surface area (Å²) >= 11 is 0. The molecule has 2 heterocycles. The van der Waals surface area contributed by atoms with Crippen LogP contribution in [0.4, 0.5) is 28.4 Å². The molecule has 0 saturated carbocycles.